The van der Waals surface area contributed by atoms with Crippen LogP contribution in [0.25, 0.3) is 28.1 Å². The van der Waals surface area contributed by atoms with Crippen LogP contribution in [-0.2, 0) is 6.18 Å². The van der Waals surface area contributed by atoms with Gasteiger partial charge in [0.25, 0.3) is 5.56 Å². The topological polar surface area (TPSA) is 98.0 Å². The Bertz CT molecular complexity index is 1530. The fraction of sp³-hybridized carbons (Fsp3) is 0.0476. The minimum atomic E-state index is -4.53. The summed E-state index contributed by atoms with van der Waals surface area (Å²) in [4.78, 5) is 28.9. The quantitative estimate of drug-likeness (QED) is 0.460. The van der Waals surface area contributed by atoms with Gasteiger partial charge in [0.1, 0.15) is 11.4 Å². The number of alkyl halides is 3. The monoisotopic (exact) mass is 435 g/mol. The molecule has 11 heteroatoms. The third-order valence-electron chi connectivity index (χ3n) is 4.62. The summed E-state index contributed by atoms with van der Waals surface area (Å²) in [5, 5.41) is 7.86. The number of fused-ring (bicyclic) bond motifs is 3. The summed E-state index contributed by atoms with van der Waals surface area (Å²) >= 11 is 0. The SMILES string of the molecule is O=c1nccccc1Nc1nc2ccccc2c2nc(-c3cc(C(F)(F)F)ccn3)nn12. The smallest absolute Gasteiger partial charge is 0.319 e. The number of aromatic nitrogens is 6. The Morgan fingerprint density at radius 2 is 1.72 bits per heavy atom. The molecule has 0 spiro atoms. The van der Waals surface area contributed by atoms with E-state index in [2.05, 4.69) is 30.4 Å². The molecular formula is C21H12F3N7O. The van der Waals surface area contributed by atoms with Gasteiger partial charge >= 0.3 is 6.18 Å². The minimum absolute atomic E-state index is 0.0172. The Morgan fingerprint density at radius 1 is 0.906 bits per heavy atom. The van der Waals surface area contributed by atoms with Gasteiger partial charge in [-0.2, -0.15) is 17.7 Å². The highest BCUT2D eigenvalue weighted by Crippen LogP contribution is 2.31. The number of rotatable bonds is 3. The molecule has 0 amide bonds. The van der Waals surface area contributed by atoms with Crippen molar-refractivity contribution >= 4 is 28.2 Å². The lowest BCUT2D eigenvalue weighted by Crippen LogP contribution is -2.11. The van der Waals surface area contributed by atoms with Crippen LogP contribution in [0.1, 0.15) is 5.56 Å². The molecule has 0 aliphatic rings. The molecule has 8 nitrogen and oxygen atoms in total. The number of pyridine rings is 1. The first kappa shape index (κ1) is 19.5. The Labute approximate surface area is 177 Å². The molecule has 32 heavy (non-hydrogen) atoms. The molecule has 0 aliphatic carbocycles. The molecule has 5 rings (SSSR count). The van der Waals surface area contributed by atoms with Gasteiger partial charge in [-0.1, -0.05) is 18.2 Å². The average molecular weight is 435 g/mol. The highest BCUT2D eigenvalue weighted by molar-refractivity contribution is 5.93. The minimum Gasteiger partial charge on any atom is -0.319 e. The molecule has 5 aromatic rings. The maximum atomic E-state index is 13.1. The molecule has 0 saturated heterocycles. The summed E-state index contributed by atoms with van der Waals surface area (Å²) in [6, 6.07) is 13.6. The van der Waals surface area contributed by atoms with Crippen molar-refractivity contribution in [2.45, 2.75) is 6.18 Å². The van der Waals surface area contributed by atoms with E-state index in [1.807, 2.05) is 0 Å². The van der Waals surface area contributed by atoms with Crippen LogP contribution >= 0.6 is 0 Å². The van der Waals surface area contributed by atoms with Crippen molar-refractivity contribution in [1.82, 2.24) is 29.5 Å². The Kier molecular flexibility index (Phi) is 4.51. The highest BCUT2D eigenvalue weighted by Gasteiger charge is 2.31. The number of anilines is 2. The van der Waals surface area contributed by atoms with Crippen LogP contribution in [0.3, 0.4) is 0 Å². The van der Waals surface area contributed by atoms with E-state index in [-0.39, 0.29) is 23.2 Å². The van der Waals surface area contributed by atoms with Crippen molar-refractivity contribution in [2.75, 3.05) is 5.32 Å². The van der Waals surface area contributed by atoms with E-state index in [0.717, 1.165) is 18.3 Å². The van der Waals surface area contributed by atoms with Gasteiger partial charge < -0.3 is 5.32 Å². The predicted octanol–water partition coefficient (Wildman–Crippen LogP) is 3.86. The van der Waals surface area contributed by atoms with Gasteiger partial charge in [0.2, 0.25) is 11.8 Å². The summed E-state index contributed by atoms with van der Waals surface area (Å²) in [5.41, 5.74) is -0.379. The maximum absolute atomic E-state index is 13.1. The molecule has 0 atom stereocenters. The van der Waals surface area contributed by atoms with Crippen molar-refractivity contribution in [3.8, 4) is 11.5 Å². The highest BCUT2D eigenvalue weighted by atomic mass is 19.4. The van der Waals surface area contributed by atoms with E-state index in [4.69, 9.17) is 0 Å². The molecule has 1 N–H and O–H groups in total. The van der Waals surface area contributed by atoms with Crippen LogP contribution in [0.2, 0.25) is 0 Å². The van der Waals surface area contributed by atoms with Crippen LogP contribution in [0, 0.1) is 0 Å². The normalized spacial score (nSPS) is 11.7. The van der Waals surface area contributed by atoms with Crippen molar-refractivity contribution < 1.29 is 13.2 Å². The van der Waals surface area contributed by atoms with E-state index in [1.54, 1.807) is 36.4 Å². The van der Waals surface area contributed by atoms with Crippen molar-refractivity contribution in [1.29, 1.82) is 0 Å². The Balaban J connectivity index is 1.73. The second kappa shape index (κ2) is 7.38. The molecule has 1 aromatic carbocycles. The predicted molar refractivity (Wildman–Crippen MR) is 110 cm³/mol. The van der Waals surface area contributed by atoms with Crippen LogP contribution in [0.5, 0.6) is 0 Å². The number of nitrogens with one attached hydrogen (secondary N) is 1. The van der Waals surface area contributed by atoms with Crippen LogP contribution < -0.4 is 10.9 Å². The van der Waals surface area contributed by atoms with E-state index in [1.165, 1.54) is 16.8 Å². The largest absolute Gasteiger partial charge is 0.416 e. The van der Waals surface area contributed by atoms with Crippen molar-refractivity contribution in [3.63, 3.8) is 0 Å². The zero-order valence-electron chi connectivity index (χ0n) is 16.1. The summed E-state index contributed by atoms with van der Waals surface area (Å²) in [7, 11) is 0. The third kappa shape index (κ3) is 3.49. The summed E-state index contributed by atoms with van der Waals surface area (Å²) in [6.07, 6.45) is -2.11. The van der Waals surface area contributed by atoms with E-state index in [9.17, 15) is 18.0 Å². The number of para-hydroxylation sites is 1. The second-order valence-corrected chi connectivity index (χ2v) is 6.72. The standard InChI is InChI=1S/C21H12F3N7O/c22-21(23,24)12-8-10-25-16(11-12)17-29-18-13-5-1-2-6-14(13)27-20(31(18)30-17)28-15-7-3-4-9-26-19(15)32/h1-11H,(H,26,27,28,32). The van der Waals surface area contributed by atoms with Gasteiger partial charge in [0.15, 0.2) is 5.65 Å². The lowest BCUT2D eigenvalue weighted by atomic mass is 10.2. The van der Waals surface area contributed by atoms with Gasteiger partial charge in [-0.25, -0.2) is 15.0 Å². The van der Waals surface area contributed by atoms with Gasteiger partial charge in [-0.05, 0) is 36.4 Å². The van der Waals surface area contributed by atoms with E-state index < -0.39 is 17.3 Å². The number of benzene rings is 1. The summed E-state index contributed by atoms with van der Waals surface area (Å²) in [6.45, 7) is 0. The molecule has 0 unspecified atom stereocenters. The summed E-state index contributed by atoms with van der Waals surface area (Å²) in [5.74, 6) is 0.130. The Morgan fingerprint density at radius 3 is 2.56 bits per heavy atom. The number of nitrogens with zero attached hydrogens (tertiary/aromatic N) is 6. The maximum Gasteiger partial charge on any atom is 0.416 e. The molecule has 0 aliphatic heterocycles. The molecule has 4 aromatic heterocycles. The molecule has 0 bridgehead atoms. The van der Waals surface area contributed by atoms with Gasteiger partial charge in [-0.15, -0.1) is 5.10 Å². The Hall–Kier alpha value is -4.41. The first-order chi connectivity index (χ1) is 15.4. The fourth-order valence-electron chi connectivity index (χ4n) is 3.14. The fourth-order valence-corrected chi connectivity index (χ4v) is 3.14. The zero-order valence-corrected chi connectivity index (χ0v) is 16.1. The van der Waals surface area contributed by atoms with Crippen molar-refractivity contribution in [3.05, 3.63) is 82.9 Å². The lowest BCUT2D eigenvalue weighted by Gasteiger charge is -2.07. The molecule has 4 heterocycles. The van der Waals surface area contributed by atoms with Gasteiger partial charge in [0.05, 0.1) is 11.1 Å². The van der Waals surface area contributed by atoms with E-state index >= 15 is 0 Å². The summed E-state index contributed by atoms with van der Waals surface area (Å²) < 4.78 is 40.8. The number of halogens is 3. The van der Waals surface area contributed by atoms with E-state index in [0.29, 0.717) is 16.6 Å². The first-order valence-corrected chi connectivity index (χ1v) is 9.32. The zero-order chi connectivity index (χ0) is 22.3. The van der Waals surface area contributed by atoms with Crippen LogP contribution in [-0.4, -0.2) is 29.5 Å². The lowest BCUT2D eigenvalue weighted by molar-refractivity contribution is -0.137. The van der Waals surface area contributed by atoms with Gasteiger partial charge in [-0.3, -0.25) is 9.78 Å². The second-order valence-electron chi connectivity index (χ2n) is 6.72. The average Bonchev–Trinajstić information content (AvgIpc) is 3.14. The molecule has 0 fully saturated rings. The van der Waals surface area contributed by atoms with Crippen LogP contribution in [0.15, 0.2) is 71.8 Å². The van der Waals surface area contributed by atoms with Crippen LogP contribution in [0.4, 0.5) is 24.8 Å². The number of hydrogen-bond donors (Lipinski definition) is 1. The molecule has 0 radical (unpaired) electrons. The molecular weight excluding hydrogens is 423 g/mol. The first-order valence-electron chi connectivity index (χ1n) is 9.32. The third-order valence-corrected chi connectivity index (χ3v) is 4.62. The van der Waals surface area contributed by atoms with Gasteiger partial charge in [0, 0.05) is 17.8 Å². The molecule has 158 valence electrons. The molecule has 0 saturated carbocycles. The number of hydrogen-bond acceptors (Lipinski definition) is 7. The van der Waals surface area contributed by atoms with Crippen molar-refractivity contribution in [2.24, 2.45) is 0 Å².